The number of hydrogen-bond acceptors (Lipinski definition) is 29. The summed E-state index contributed by atoms with van der Waals surface area (Å²) < 4.78 is 64.9. The normalized spacial score (nSPS) is 53.1. The van der Waals surface area contributed by atoms with Gasteiger partial charge in [0.15, 0.2) is 37.4 Å². The van der Waals surface area contributed by atoms with Gasteiger partial charge in [0.2, 0.25) is 6.29 Å². The van der Waals surface area contributed by atoms with Gasteiger partial charge in [-0.2, -0.15) is 0 Å². The molecular weight excluding hydrogens is 1210 g/mol. The fourth-order valence-corrected chi connectivity index (χ4v) is 18.2. The number of ether oxygens (including phenoxy) is 11. The molecule has 0 aromatic rings. The predicted molar refractivity (Wildman–Crippen MR) is 301 cm³/mol. The van der Waals surface area contributed by atoms with E-state index in [1.165, 1.54) is 20.8 Å². The molecule has 34 atom stereocenters. The van der Waals surface area contributed by atoms with Crippen LogP contribution >= 0.6 is 0 Å². The Morgan fingerprint density at radius 1 is 0.560 bits per heavy atom. The number of esters is 2. The summed E-state index contributed by atoms with van der Waals surface area (Å²) in [5.41, 5.74) is -5.32. The Labute approximate surface area is 525 Å². The van der Waals surface area contributed by atoms with Crippen molar-refractivity contribution in [3.63, 3.8) is 0 Å². The van der Waals surface area contributed by atoms with Gasteiger partial charge in [0.25, 0.3) is 0 Å². The van der Waals surface area contributed by atoms with E-state index in [9.17, 15) is 91.3 Å². The van der Waals surface area contributed by atoms with Gasteiger partial charge in [-0.3, -0.25) is 14.4 Å². The van der Waals surface area contributed by atoms with Gasteiger partial charge in [-0.25, -0.2) is 0 Å². The second kappa shape index (κ2) is 26.2. The van der Waals surface area contributed by atoms with Gasteiger partial charge in [-0.1, -0.05) is 39.3 Å². The smallest absolute Gasteiger partial charge is 0.315 e. The van der Waals surface area contributed by atoms with Gasteiger partial charge in [0.05, 0.1) is 55.6 Å². The first kappa shape index (κ1) is 71.0. The number of carboxylic acid groups (broad SMARTS) is 1. The number of aliphatic carboxylic acids is 1. The van der Waals surface area contributed by atoms with Gasteiger partial charge in [0, 0.05) is 12.3 Å². The van der Waals surface area contributed by atoms with Crippen molar-refractivity contribution in [2.75, 3.05) is 26.4 Å². The number of carbonyl (C=O) groups excluding carboxylic acids is 2. The van der Waals surface area contributed by atoms with Gasteiger partial charge in [0.1, 0.15) is 97.7 Å². The second-order valence-electron chi connectivity index (χ2n) is 29.0. The van der Waals surface area contributed by atoms with E-state index in [-0.39, 0.29) is 43.6 Å². The monoisotopic (exact) mass is 1310 g/mol. The first-order chi connectivity index (χ1) is 42.6. The Morgan fingerprint density at radius 2 is 1.11 bits per heavy atom. The first-order valence-corrected chi connectivity index (χ1v) is 31.8. The van der Waals surface area contributed by atoms with Gasteiger partial charge >= 0.3 is 17.9 Å². The molecule has 4 saturated carbocycles. The maximum absolute atomic E-state index is 15.7. The zero-order valence-electron chi connectivity index (χ0n) is 52.4. The van der Waals surface area contributed by atoms with E-state index in [1.807, 2.05) is 6.92 Å². The average Bonchev–Trinajstić information content (AvgIpc) is 0.671. The summed E-state index contributed by atoms with van der Waals surface area (Å²) in [6.07, 6.45) is -38.3. The summed E-state index contributed by atoms with van der Waals surface area (Å²) >= 11 is 0. The number of allylic oxidation sites excluding steroid dienone is 1. The van der Waals surface area contributed by atoms with Crippen molar-refractivity contribution in [2.24, 2.45) is 50.2 Å². The summed E-state index contributed by atoms with van der Waals surface area (Å²) in [7, 11) is 0. The van der Waals surface area contributed by atoms with Crippen LogP contribution < -0.4 is 0 Å². The van der Waals surface area contributed by atoms with Crippen molar-refractivity contribution in [3.8, 4) is 0 Å². The second-order valence-corrected chi connectivity index (χ2v) is 29.0. The molecule has 1 unspecified atom stereocenters. The fourth-order valence-electron chi connectivity index (χ4n) is 18.2. The average molecular weight is 1310 g/mol. The number of hydrogen-bond donors (Lipinski definition) is 16. The molecule has 5 aliphatic heterocycles. The zero-order valence-corrected chi connectivity index (χ0v) is 52.4. The molecule has 520 valence electrons. The number of fused-ring (bicyclic) bond motifs is 7. The molecule has 91 heavy (non-hydrogen) atoms. The lowest BCUT2D eigenvalue weighted by molar-refractivity contribution is -0.378. The van der Waals surface area contributed by atoms with Crippen molar-refractivity contribution in [1.82, 2.24) is 0 Å². The summed E-state index contributed by atoms with van der Waals surface area (Å²) in [5.74, 6) is -4.43. The first-order valence-electron chi connectivity index (χ1n) is 31.8. The van der Waals surface area contributed by atoms with E-state index in [0.29, 0.717) is 32.1 Å². The minimum absolute atomic E-state index is 0.0192. The van der Waals surface area contributed by atoms with Crippen molar-refractivity contribution in [3.05, 3.63) is 11.6 Å². The molecule has 9 fully saturated rings. The highest BCUT2D eigenvalue weighted by Gasteiger charge is 2.74. The SMILES string of the molecule is CC(=O)O[C@@H]1[C@H](O)[C@@H](O[C@@H]2O[C@@H](C)[C@H](O[C@@H]3OC[C@@H](O[C@@H]4O[C@H](CO)[C@H](O)[C@H](O)[C@H]4O)[C@H](O)[C@H]3O)[C@@H](O)[C@H]2O)[C@H](OC(=O)[C@]23CCC(C)(C)C[C@H]2C2=CC[C@@H]4[C@@]5(C)C[C@H](O)[C@H](O[C@@H]6O[C@H](CO)[C@@H](O)[C@H](O)[C@H]6O)[C@@](C)(C(=O)O)C5CC[C@@]4(C)[C@]2(CO)CC3)O[C@@H]1C. The molecule has 0 aromatic carbocycles. The molecule has 0 aromatic heterocycles. The lowest BCUT2D eigenvalue weighted by Crippen LogP contribution is -2.71. The van der Waals surface area contributed by atoms with Gasteiger partial charge in [-0.05, 0) is 113 Å². The Hall–Kier alpha value is -2.81. The third-order valence-electron chi connectivity index (χ3n) is 23.4. The van der Waals surface area contributed by atoms with E-state index < -0.39 is 236 Å². The van der Waals surface area contributed by atoms with Crippen LogP contribution in [-0.4, -0.2) is 286 Å². The van der Waals surface area contributed by atoms with Crippen LogP contribution in [0.1, 0.15) is 113 Å². The molecule has 0 bridgehead atoms. The van der Waals surface area contributed by atoms with Crippen LogP contribution in [0.2, 0.25) is 0 Å². The van der Waals surface area contributed by atoms with Crippen LogP contribution in [0.25, 0.3) is 0 Å². The molecule has 5 saturated heterocycles. The van der Waals surface area contributed by atoms with Crippen LogP contribution in [-0.2, 0) is 66.5 Å². The van der Waals surface area contributed by atoms with E-state index in [2.05, 4.69) is 26.8 Å². The molecule has 10 aliphatic rings. The molecule has 30 heteroatoms. The fraction of sp³-hybridized carbons (Fsp3) is 0.918. The minimum atomic E-state index is -2.03. The maximum atomic E-state index is 15.7. The quantitative estimate of drug-likeness (QED) is 0.0423. The highest BCUT2D eigenvalue weighted by Crippen LogP contribution is 2.76. The molecule has 30 nitrogen and oxygen atoms in total. The van der Waals surface area contributed by atoms with Gasteiger partial charge < -0.3 is 134 Å². The minimum Gasteiger partial charge on any atom is -0.481 e. The Kier molecular flexibility index (Phi) is 20.4. The standard InChI is InChI=1S/C61H96O30/c1-23-45(88-49-40(73)36(69)31(21-81-49)87-51-41(74)37(70)34(67)29(19-62)85-51)39(72)43(76)50(82-23)89-47-44(77)46(84-25(3)65)24(2)83-53(47)91-55(80)60-14-13-56(4,5)17-27(60)26-9-10-32-57(6)18-28(66)48(90-52-42(75)38(71)35(68)30(20-63)86-52)59(8,54(78)79)33(57)11-12-58(32,7)61(26,22-64)16-15-60/h9,23-24,27-53,62-64,66-77H,10-22H2,1-8H3,(H,78,79)/t23-,24+,27-,28-,29+,30+,31+,32+,33?,34-,35+,36-,37-,38-,39-,40+,41+,42+,43+,44-,45-,46-,47+,48-,49-,50-,51-,52-,53-,57+,58+,59-,60-,61-/m0/s1. The molecule has 0 radical (unpaired) electrons. The molecular formula is C61H96O30. The predicted octanol–water partition coefficient (Wildman–Crippen LogP) is -3.94. The molecule has 5 aliphatic carbocycles. The topological polar surface area (TPSA) is 476 Å². The van der Waals surface area contributed by atoms with Crippen molar-refractivity contribution < 1.29 is 148 Å². The van der Waals surface area contributed by atoms with Crippen molar-refractivity contribution in [2.45, 2.75) is 273 Å². The largest absolute Gasteiger partial charge is 0.481 e. The van der Waals surface area contributed by atoms with Crippen LogP contribution in [0.5, 0.6) is 0 Å². The van der Waals surface area contributed by atoms with E-state index in [4.69, 9.17) is 52.1 Å². The third-order valence-corrected chi connectivity index (χ3v) is 23.4. The van der Waals surface area contributed by atoms with Crippen molar-refractivity contribution >= 4 is 17.9 Å². The summed E-state index contributed by atoms with van der Waals surface area (Å²) in [4.78, 5) is 42.0. The Morgan fingerprint density at radius 3 is 1.70 bits per heavy atom. The molecule has 16 N–H and O–H groups in total. The van der Waals surface area contributed by atoms with Crippen LogP contribution in [0.4, 0.5) is 0 Å². The molecule has 10 rings (SSSR count). The van der Waals surface area contributed by atoms with Crippen LogP contribution in [0, 0.1) is 50.2 Å². The van der Waals surface area contributed by atoms with E-state index in [1.54, 1.807) is 0 Å². The number of carboxylic acids is 1. The molecule has 0 amide bonds. The zero-order chi connectivity index (χ0) is 66.7. The molecule has 5 heterocycles. The van der Waals surface area contributed by atoms with E-state index in [0.717, 1.165) is 12.5 Å². The highest BCUT2D eigenvalue weighted by molar-refractivity contribution is 5.79. The molecule has 0 spiro atoms. The maximum Gasteiger partial charge on any atom is 0.315 e. The summed E-state index contributed by atoms with van der Waals surface area (Å²) in [6.45, 7) is 11.3. The van der Waals surface area contributed by atoms with Crippen molar-refractivity contribution in [1.29, 1.82) is 0 Å². The number of aliphatic hydroxyl groups is 15. The summed E-state index contributed by atoms with van der Waals surface area (Å²) in [5, 5.41) is 176. The van der Waals surface area contributed by atoms with Gasteiger partial charge in [-0.15, -0.1) is 0 Å². The lowest BCUT2D eigenvalue weighted by Gasteiger charge is -2.71. The van der Waals surface area contributed by atoms with Crippen LogP contribution in [0.15, 0.2) is 11.6 Å². The lowest BCUT2D eigenvalue weighted by atomic mass is 9.33. The third kappa shape index (κ3) is 11.8. The summed E-state index contributed by atoms with van der Waals surface area (Å²) in [6, 6.07) is 0. The van der Waals surface area contributed by atoms with E-state index >= 15 is 4.79 Å². The van der Waals surface area contributed by atoms with Crippen LogP contribution in [0.3, 0.4) is 0 Å². The highest BCUT2D eigenvalue weighted by atomic mass is 16.8. The Bertz CT molecular complexity index is 2630. The number of rotatable bonds is 15. The number of carbonyl (C=O) groups is 3. The number of aliphatic hydroxyl groups excluding tert-OH is 15. The Balaban J connectivity index is 0.875.